The summed E-state index contributed by atoms with van der Waals surface area (Å²) in [6.45, 7) is 2.96. The van der Waals surface area contributed by atoms with Crippen LogP contribution in [-0.4, -0.2) is 21.6 Å². The largest absolute Gasteiger partial charge is 0.392 e. The van der Waals surface area contributed by atoms with Gasteiger partial charge in [0.25, 0.3) is 0 Å². The molecule has 5 heteroatoms. The molecule has 1 aromatic carbocycles. The van der Waals surface area contributed by atoms with Crippen LogP contribution in [0.25, 0.3) is 0 Å². The summed E-state index contributed by atoms with van der Waals surface area (Å²) in [5.74, 6) is 1.60. The molecular formula is C14H17N3OS. The third-order valence-corrected chi connectivity index (χ3v) is 3.60. The molecule has 0 bridgehead atoms. The molecule has 0 unspecified atom stereocenters. The van der Waals surface area contributed by atoms with Gasteiger partial charge in [0.15, 0.2) is 0 Å². The first-order valence-electron chi connectivity index (χ1n) is 6.19. The Balaban J connectivity index is 1.90. The van der Waals surface area contributed by atoms with Gasteiger partial charge in [-0.1, -0.05) is 12.1 Å². The molecule has 1 heterocycles. The molecule has 0 saturated heterocycles. The van der Waals surface area contributed by atoms with Gasteiger partial charge in [-0.3, -0.25) is 4.98 Å². The number of thioether (sulfide) groups is 1. The lowest BCUT2D eigenvalue weighted by atomic mass is 10.2. The highest BCUT2D eigenvalue weighted by Gasteiger charge is 1.99. The van der Waals surface area contributed by atoms with Gasteiger partial charge in [-0.15, -0.1) is 11.8 Å². The van der Waals surface area contributed by atoms with Gasteiger partial charge in [0, 0.05) is 17.2 Å². The maximum Gasteiger partial charge on any atom is 0.144 e. The summed E-state index contributed by atoms with van der Waals surface area (Å²) in [4.78, 5) is 9.81. The Morgan fingerprint density at radius 3 is 2.53 bits per heavy atom. The number of hydrogen-bond acceptors (Lipinski definition) is 5. The van der Waals surface area contributed by atoms with Gasteiger partial charge in [0.05, 0.1) is 24.7 Å². The van der Waals surface area contributed by atoms with E-state index >= 15 is 0 Å². The summed E-state index contributed by atoms with van der Waals surface area (Å²) >= 11 is 1.71. The zero-order valence-corrected chi connectivity index (χ0v) is 11.7. The average molecular weight is 275 g/mol. The minimum atomic E-state index is 0.0856. The Kier molecular flexibility index (Phi) is 5.18. The van der Waals surface area contributed by atoms with Crippen LogP contribution < -0.4 is 5.32 Å². The molecule has 0 fully saturated rings. The third-order valence-electron chi connectivity index (χ3n) is 2.56. The van der Waals surface area contributed by atoms with Crippen molar-refractivity contribution in [2.24, 2.45) is 0 Å². The number of aromatic nitrogens is 2. The molecule has 19 heavy (non-hydrogen) atoms. The predicted octanol–water partition coefficient (Wildman–Crippen LogP) is 2.69. The molecular weight excluding hydrogens is 258 g/mol. The van der Waals surface area contributed by atoms with E-state index in [4.69, 9.17) is 5.11 Å². The summed E-state index contributed by atoms with van der Waals surface area (Å²) < 4.78 is 0. The van der Waals surface area contributed by atoms with Crippen molar-refractivity contribution in [2.45, 2.75) is 24.2 Å². The molecule has 0 atom stereocenters. The molecule has 2 N–H and O–H groups in total. The normalized spacial score (nSPS) is 10.4. The van der Waals surface area contributed by atoms with E-state index in [-0.39, 0.29) is 6.61 Å². The molecule has 0 aliphatic heterocycles. The van der Waals surface area contributed by atoms with E-state index in [1.54, 1.807) is 24.2 Å². The van der Waals surface area contributed by atoms with Crippen molar-refractivity contribution in [3.8, 4) is 0 Å². The number of hydrogen-bond donors (Lipinski definition) is 2. The maximum absolute atomic E-state index is 8.98. The van der Waals surface area contributed by atoms with Gasteiger partial charge in [-0.25, -0.2) is 4.98 Å². The number of benzene rings is 1. The van der Waals surface area contributed by atoms with Crippen LogP contribution in [-0.2, 0) is 12.4 Å². The fraction of sp³-hybridized carbons (Fsp3) is 0.286. The second-order valence-corrected chi connectivity index (χ2v) is 5.06. The summed E-state index contributed by atoms with van der Waals surface area (Å²) in [5, 5.41) is 12.1. The summed E-state index contributed by atoms with van der Waals surface area (Å²) in [6.07, 6.45) is 3.56. The van der Waals surface area contributed by atoms with Crippen LogP contribution in [0.15, 0.2) is 41.6 Å². The first-order chi connectivity index (χ1) is 9.31. The van der Waals surface area contributed by atoms with Crippen molar-refractivity contribution in [2.75, 3.05) is 11.9 Å². The fourth-order valence-corrected chi connectivity index (χ4v) is 2.34. The molecule has 2 aromatic rings. The number of nitrogens with zero attached hydrogens (tertiary/aromatic N) is 2. The zero-order valence-electron chi connectivity index (χ0n) is 10.8. The number of aliphatic hydroxyl groups excluding tert-OH is 1. The Hall–Kier alpha value is -1.59. The lowest BCUT2D eigenvalue weighted by Crippen LogP contribution is -2.00. The van der Waals surface area contributed by atoms with Crippen LogP contribution in [0, 0.1) is 0 Å². The first kappa shape index (κ1) is 13.8. The van der Waals surface area contributed by atoms with Crippen molar-refractivity contribution in [1.29, 1.82) is 0 Å². The maximum atomic E-state index is 8.98. The SMILES string of the molecule is CCNc1cnc(CSc2ccc(CO)cc2)cn1. The van der Waals surface area contributed by atoms with Crippen LogP contribution in [0.3, 0.4) is 0 Å². The number of rotatable bonds is 6. The zero-order chi connectivity index (χ0) is 13.5. The monoisotopic (exact) mass is 275 g/mol. The lowest BCUT2D eigenvalue weighted by Gasteiger charge is -2.04. The highest BCUT2D eigenvalue weighted by molar-refractivity contribution is 7.98. The lowest BCUT2D eigenvalue weighted by molar-refractivity contribution is 0.282. The number of aliphatic hydroxyl groups is 1. The van der Waals surface area contributed by atoms with Crippen molar-refractivity contribution in [3.05, 3.63) is 47.9 Å². The Morgan fingerprint density at radius 1 is 1.16 bits per heavy atom. The molecule has 0 radical (unpaired) electrons. The summed E-state index contributed by atoms with van der Waals surface area (Å²) in [6, 6.07) is 7.89. The molecule has 0 spiro atoms. The van der Waals surface area contributed by atoms with Gasteiger partial charge in [-0.2, -0.15) is 0 Å². The smallest absolute Gasteiger partial charge is 0.144 e. The van der Waals surface area contributed by atoms with Crippen LogP contribution in [0.5, 0.6) is 0 Å². The second kappa shape index (κ2) is 7.11. The highest BCUT2D eigenvalue weighted by atomic mass is 32.2. The minimum absolute atomic E-state index is 0.0856. The van der Waals surface area contributed by atoms with Crippen molar-refractivity contribution in [3.63, 3.8) is 0 Å². The summed E-state index contributed by atoms with van der Waals surface area (Å²) in [5.41, 5.74) is 1.89. The van der Waals surface area contributed by atoms with Crippen LogP contribution in [0.4, 0.5) is 5.82 Å². The Labute approximate surface area is 117 Å². The van der Waals surface area contributed by atoms with Gasteiger partial charge in [0.1, 0.15) is 5.82 Å². The second-order valence-electron chi connectivity index (χ2n) is 4.01. The van der Waals surface area contributed by atoms with E-state index in [0.717, 1.165) is 34.3 Å². The van der Waals surface area contributed by atoms with Gasteiger partial charge < -0.3 is 10.4 Å². The van der Waals surface area contributed by atoms with Crippen molar-refractivity contribution >= 4 is 17.6 Å². The van der Waals surface area contributed by atoms with E-state index < -0.39 is 0 Å². The molecule has 4 nitrogen and oxygen atoms in total. The first-order valence-corrected chi connectivity index (χ1v) is 7.17. The molecule has 100 valence electrons. The van der Waals surface area contributed by atoms with Crippen LogP contribution >= 0.6 is 11.8 Å². The fourth-order valence-electron chi connectivity index (χ4n) is 1.55. The predicted molar refractivity (Wildman–Crippen MR) is 78.1 cm³/mol. The van der Waals surface area contributed by atoms with E-state index in [9.17, 15) is 0 Å². The number of nitrogens with one attached hydrogen (secondary N) is 1. The van der Waals surface area contributed by atoms with Crippen molar-refractivity contribution in [1.82, 2.24) is 9.97 Å². The highest BCUT2D eigenvalue weighted by Crippen LogP contribution is 2.22. The van der Waals surface area contributed by atoms with Gasteiger partial charge in [0.2, 0.25) is 0 Å². The van der Waals surface area contributed by atoms with E-state index in [1.807, 2.05) is 31.2 Å². The molecule has 0 saturated carbocycles. The standard InChI is InChI=1S/C14H17N3OS/c1-2-15-14-8-16-12(7-17-14)10-19-13-5-3-11(9-18)4-6-13/h3-8,18H,2,9-10H2,1H3,(H,15,17). The average Bonchev–Trinajstić information content (AvgIpc) is 2.47. The topological polar surface area (TPSA) is 58.0 Å². The number of anilines is 1. The molecule has 0 aliphatic rings. The summed E-state index contributed by atoms with van der Waals surface area (Å²) in [7, 11) is 0. The van der Waals surface area contributed by atoms with Crippen LogP contribution in [0.1, 0.15) is 18.2 Å². The van der Waals surface area contributed by atoms with E-state index in [1.165, 1.54) is 0 Å². The molecule has 0 amide bonds. The molecule has 0 aliphatic carbocycles. The van der Waals surface area contributed by atoms with Crippen LogP contribution in [0.2, 0.25) is 0 Å². The Bertz CT molecular complexity index is 499. The van der Waals surface area contributed by atoms with Gasteiger partial charge >= 0.3 is 0 Å². The van der Waals surface area contributed by atoms with Crippen molar-refractivity contribution < 1.29 is 5.11 Å². The van der Waals surface area contributed by atoms with Gasteiger partial charge in [-0.05, 0) is 24.6 Å². The molecule has 1 aromatic heterocycles. The quantitative estimate of drug-likeness (QED) is 0.794. The third kappa shape index (κ3) is 4.22. The van der Waals surface area contributed by atoms with E-state index in [2.05, 4.69) is 15.3 Å². The minimum Gasteiger partial charge on any atom is -0.392 e. The van der Waals surface area contributed by atoms with E-state index in [0.29, 0.717) is 0 Å². The molecule has 2 rings (SSSR count). The Morgan fingerprint density at radius 2 is 1.95 bits per heavy atom.